The van der Waals surface area contributed by atoms with E-state index < -0.39 is 11.4 Å². The van der Waals surface area contributed by atoms with Crippen molar-refractivity contribution in [2.45, 2.75) is 24.7 Å². The minimum atomic E-state index is -0.752. The molecule has 0 saturated heterocycles. The van der Waals surface area contributed by atoms with Crippen molar-refractivity contribution >= 4 is 11.6 Å². The third-order valence-electron chi connectivity index (χ3n) is 3.42. The van der Waals surface area contributed by atoms with Crippen LogP contribution in [0.15, 0.2) is 24.8 Å². The first-order valence-corrected chi connectivity index (χ1v) is 5.25. The van der Waals surface area contributed by atoms with Gasteiger partial charge in [-0.2, -0.15) is 0 Å². The highest BCUT2D eigenvalue weighted by Crippen LogP contribution is 2.43. The van der Waals surface area contributed by atoms with Gasteiger partial charge in [0.05, 0.1) is 18.1 Å². The van der Waals surface area contributed by atoms with Crippen LogP contribution < -0.4 is 0 Å². The van der Waals surface area contributed by atoms with E-state index in [1.807, 2.05) is 4.40 Å². The third kappa shape index (κ3) is 1.02. The highest BCUT2D eigenvalue weighted by molar-refractivity contribution is 5.82. The number of rotatable bonds is 2. The largest absolute Gasteiger partial charge is 0.481 e. The van der Waals surface area contributed by atoms with E-state index in [9.17, 15) is 9.90 Å². The summed E-state index contributed by atoms with van der Waals surface area (Å²) in [6.07, 6.45) is 9.05. The predicted molar refractivity (Wildman–Crippen MR) is 56.2 cm³/mol. The molecule has 5 heteroatoms. The van der Waals surface area contributed by atoms with E-state index in [-0.39, 0.29) is 0 Å². The normalized spacial score (nSPS) is 18.2. The van der Waals surface area contributed by atoms with Crippen molar-refractivity contribution in [1.29, 1.82) is 0 Å². The van der Waals surface area contributed by atoms with Gasteiger partial charge >= 0.3 is 5.97 Å². The Morgan fingerprint density at radius 1 is 1.44 bits per heavy atom. The number of carboxylic acids is 1. The van der Waals surface area contributed by atoms with Crippen LogP contribution in [0, 0.1) is 0 Å². The molecule has 3 rings (SSSR count). The lowest BCUT2D eigenvalue weighted by Crippen LogP contribution is -2.43. The van der Waals surface area contributed by atoms with E-state index in [2.05, 4.69) is 9.97 Å². The molecule has 0 radical (unpaired) electrons. The summed E-state index contributed by atoms with van der Waals surface area (Å²) in [4.78, 5) is 19.5. The third-order valence-corrected chi connectivity index (χ3v) is 3.42. The van der Waals surface area contributed by atoms with Crippen molar-refractivity contribution in [3.63, 3.8) is 0 Å². The first-order valence-electron chi connectivity index (χ1n) is 5.25. The molecule has 5 nitrogen and oxygen atoms in total. The Hall–Kier alpha value is -1.91. The van der Waals surface area contributed by atoms with Crippen molar-refractivity contribution in [2.24, 2.45) is 0 Å². The van der Waals surface area contributed by atoms with Crippen molar-refractivity contribution in [2.75, 3.05) is 0 Å². The highest BCUT2D eigenvalue weighted by atomic mass is 16.4. The summed E-state index contributed by atoms with van der Waals surface area (Å²) in [5.74, 6) is -0.752. The van der Waals surface area contributed by atoms with Gasteiger partial charge in [-0.25, -0.2) is 4.98 Å². The Kier molecular flexibility index (Phi) is 1.77. The maximum atomic E-state index is 11.4. The number of hydrogen-bond acceptors (Lipinski definition) is 3. The van der Waals surface area contributed by atoms with E-state index in [0.717, 1.165) is 12.1 Å². The van der Waals surface area contributed by atoms with Gasteiger partial charge in [0.15, 0.2) is 5.65 Å². The average Bonchev–Trinajstić information content (AvgIpc) is 2.61. The van der Waals surface area contributed by atoms with Crippen LogP contribution in [0.3, 0.4) is 0 Å². The molecule has 0 aromatic carbocycles. The summed E-state index contributed by atoms with van der Waals surface area (Å²) in [5.41, 5.74) is 0.731. The Balaban J connectivity index is 2.22. The number of nitrogens with zero attached hydrogens (tertiary/aromatic N) is 3. The van der Waals surface area contributed by atoms with Gasteiger partial charge in [-0.1, -0.05) is 6.42 Å². The minimum absolute atomic E-state index is 0.693. The van der Waals surface area contributed by atoms with Crippen molar-refractivity contribution in [3.8, 4) is 0 Å². The second kappa shape index (κ2) is 3.04. The minimum Gasteiger partial charge on any atom is -0.481 e. The lowest BCUT2D eigenvalue weighted by molar-refractivity contribution is -0.147. The number of imidazole rings is 1. The molecule has 16 heavy (non-hydrogen) atoms. The van der Waals surface area contributed by atoms with Gasteiger partial charge in [-0.05, 0) is 12.8 Å². The molecule has 1 aliphatic rings. The molecule has 1 fully saturated rings. The first-order chi connectivity index (χ1) is 7.74. The predicted octanol–water partition coefficient (Wildman–Crippen LogP) is 1.24. The fraction of sp³-hybridized carbons (Fsp3) is 0.364. The zero-order valence-electron chi connectivity index (χ0n) is 8.63. The van der Waals surface area contributed by atoms with Gasteiger partial charge in [0.2, 0.25) is 0 Å². The number of fused-ring (bicyclic) bond motifs is 1. The molecular weight excluding hydrogens is 206 g/mol. The van der Waals surface area contributed by atoms with Crippen LogP contribution in [0.25, 0.3) is 5.65 Å². The highest BCUT2D eigenvalue weighted by Gasteiger charge is 2.48. The van der Waals surface area contributed by atoms with Gasteiger partial charge in [-0.15, -0.1) is 0 Å². The molecule has 0 spiro atoms. The molecular formula is C11H11N3O2. The van der Waals surface area contributed by atoms with Gasteiger partial charge in [0.1, 0.15) is 5.41 Å². The van der Waals surface area contributed by atoms with Gasteiger partial charge in [0, 0.05) is 12.4 Å². The smallest absolute Gasteiger partial charge is 0.315 e. The molecule has 1 N–H and O–H groups in total. The Morgan fingerprint density at radius 3 is 2.88 bits per heavy atom. The maximum Gasteiger partial charge on any atom is 0.315 e. The van der Waals surface area contributed by atoms with Gasteiger partial charge in [-0.3, -0.25) is 9.78 Å². The summed E-state index contributed by atoms with van der Waals surface area (Å²) in [6, 6.07) is 0. The van der Waals surface area contributed by atoms with Crippen LogP contribution in [-0.2, 0) is 10.2 Å². The van der Waals surface area contributed by atoms with Crippen LogP contribution in [0.2, 0.25) is 0 Å². The fourth-order valence-electron chi connectivity index (χ4n) is 2.31. The molecule has 82 valence electrons. The average molecular weight is 217 g/mol. The van der Waals surface area contributed by atoms with Gasteiger partial charge in [0.25, 0.3) is 0 Å². The second-order valence-electron chi connectivity index (χ2n) is 4.19. The lowest BCUT2D eigenvalue weighted by atomic mass is 9.67. The Labute approximate surface area is 91.8 Å². The van der Waals surface area contributed by atoms with E-state index in [1.54, 1.807) is 24.8 Å². The lowest BCUT2D eigenvalue weighted by Gasteiger charge is -2.37. The summed E-state index contributed by atoms with van der Waals surface area (Å²) in [5, 5.41) is 9.36. The maximum absolute atomic E-state index is 11.4. The molecule has 1 aliphatic carbocycles. The second-order valence-corrected chi connectivity index (χ2v) is 4.19. The number of carboxylic acid groups (broad SMARTS) is 1. The fourth-order valence-corrected chi connectivity index (χ4v) is 2.31. The summed E-state index contributed by atoms with van der Waals surface area (Å²) >= 11 is 0. The van der Waals surface area contributed by atoms with Crippen LogP contribution in [0.4, 0.5) is 0 Å². The molecule has 0 bridgehead atoms. The zero-order chi connectivity index (χ0) is 11.2. The van der Waals surface area contributed by atoms with E-state index in [0.29, 0.717) is 18.5 Å². The van der Waals surface area contributed by atoms with Crippen molar-refractivity contribution in [1.82, 2.24) is 14.4 Å². The first kappa shape index (κ1) is 9.33. The van der Waals surface area contributed by atoms with E-state index in [1.165, 1.54) is 0 Å². The zero-order valence-corrected chi connectivity index (χ0v) is 8.63. The summed E-state index contributed by atoms with van der Waals surface area (Å²) < 4.78 is 1.82. The summed E-state index contributed by atoms with van der Waals surface area (Å²) in [6.45, 7) is 0. The van der Waals surface area contributed by atoms with E-state index in [4.69, 9.17) is 0 Å². The summed E-state index contributed by atoms with van der Waals surface area (Å²) in [7, 11) is 0. The van der Waals surface area contributed by atoms with Crippen LogP contribution >= 0.6 is 0 Å². The van der Waals surface area contributed by atoms with Crippen LogP contribution in [0.1, 0.15) is 25.0 Å². The van der Waals surface area contributed by atoms with Crippen LogP contribution in [-0.4, -0.2) is 25.4 Å². The number of aliphatic carboxylic acids is 1. The molecule has 2 heterocycles. The standard InChI is InChI=1S/C11H11N3O2/c15-10(16)11(2-1-3-11)8-6-13-9-7-12-4-5-14(8)9/h4-7H,1-3H2,(H,15,16). The topological polar surface area (TPSA) is 67.5 Å². The number of hydrogen-bond donors (Lipinski definition) is 1. The molecule has 0 amide bonds. The van der Waals surface area contributed by atoms with Crippen molar-refractivity contribution < 1.29 is 9.90 Å². The molecule has 0 aliphatic heterocycles. The van der Waals surface area contributed by atoms with E-state index >= 15 is 0 Å². The molecule has 0 atom stereocenters. The molecule has 2 aromatic rings. The van der Waals surface area contributed by atoms with Crippen molar-refractivity contribution in [3.05, 3.63) is 30.5 Å². The Morgan fingerprint density at radius 2 is 2.25 bits per heavy atom. The number of carbonyl (C=O) groups is 1. The number of aromatic nitrogens is 3. The Bertz CT molecular complexity index is 557. The molecule has 1 saturated carbocycles. The molecule has 0 unspecified atom stereocenters. The quantitative estimate of drug-likeness (QED) is 0.821. The SMILES string of the molecule is O=C(O)C1(c2cnc3cnccn23)CCC1. The monoisotopic (exact) mass is 217 g/mol. The van der Waals surface area contributed by atoms with Crippen LogP contribution in [0.5, 0.6) is 0 Å². The molecule has 2 aromatic heterocycles. The van der Waals surface area contributed by atoms with Gasteiger partial charge < -0.3 is 9.51 Å².